The van der Waals surface area contributed by atoms with Crippen molar-refractivity contribution in [3.8, 4) is 0 Å². The zero-order chi connectivity index (χ0) is 32.0. The van der Waals surface area contributed by atoms with Crippen molar-refractivity contribution in [2.45, 2.75) is 70.0 Å². The lowest BCUT2D eigenvalue weighted by atomic mass is 10.1. The van der Waals surface area contributed by atoms with E-state index in [2.05, 4.69) is 65.8 Å². The van der Waals surface area contributed by atoms with E-state index >= 15 is 4.39 Å². The van der Waals surface area contributed by atoms with Crippen molar-refractivity contribution in [1.82, 2.24) is 0 Å². The smallest absolute Gasteiger partial charge is 0.261 e. The fourth-order valence-corrected chi connectivity index (χ4v) is 15.7. The Balaban J connectivity index is 1.82. The minimum Gasteiger partial charge on any atom is -0.405 e. The monoisotopic (exact) mass is 627 g/mol. The zero-order valence-electron chi connectivity index (χ0n) is 26.7. The number of halogens is 1. The topological polar surface area (TPSA) is 62.5 Å². The van der Waals surface area contributed by atoms with Gasteiger partial charge in [-0.1, -0.05) is 163 Å². The van der Waals surface area contributed by atoms with Gasteiger partial charge < -0.3 is 19.4 Å². The molecule has 0 aliphatic heterocycles. The molecule has 0 fully saturated rings. The van der Waals surface area contributed by atoms with Gasteiger partial charge in [-0.25, -0.2) is 4.39 Å². The largest absolute Gasteiger partial charge is 0.405 e. The maximum Gasteiger partial charge on any atom is 0.261 e. The van der Waals surface area contributed by atoms with E-state index in [4.69, 9.17) is 14.3 Å². The first-order chi connectivity index (χ1) is 20.9. The molecule has 4 aromatic rings. The summed E-state index contributed by atoms with van der Waals surface area (Å²) in [4.78, 5) is 0. The lowest BCUT2D eigenvalue weighted by Crippen LogP contribution is -2.70. The Morgan fingerprint density at radius 2 is 0.955 bits per heavy atom. The summed E-state index contributed by atoms with van der Waals surface area (Å²) in [5, 5.41) is 23.2. The number of aliphatic hydroxyl groups excluding tert-OH is 1. The number of rotatable bonds is 12. The molecule has 0 unspecified atom stereocenters. The van der Waals surface area contributed by atoms with Crippen LogP contribution in [0.2, 0.25) is 10.1 Å². The quantitative estimate of drug-likeness (QED) is 0.153. The maximum atomic E-state index is 15.9. The Morgan fingerprint density at radius 1 is 0.636 bits per heavy atom. The van der Waals surface area contributed by atoms with Crippen LogP contribution in [0.5, 0.6) is 0 Å². The molecule has 0 spiro atoms. The molecule has 0 bridgehead atoms. The molecule has 0 saturated carbocycles. The van der Waals surface area contributed by atoms with Crippen molar-refractivity contribution in [3.63, 3.8) is 0 Å². The van der Waals surface area contributed by atoms with Crippen LogP contribution >= 0.6 is 0 Å². The standard InChI is InChI=1S/C37H46FNO3Si2/c1-36(2,3)43(29-19-11-7-12-20-29,30-21-13-8-14-22-30)41-28-34(40)35(33(38)27-39)42-44(37(4,5)6,31-23-15-9-16-24-31)32-25-17-10-18-26-32/h7-27,33-35,39-40H,28H2,1-6H3/t33-,34-,35+/m1/s1. The SMILES string of the molecule is CC(C)(C)[Si](OC[C@@H](O)[C@@H](O[Si](c1ccccc1)(c1ccccc1)C(C)(C)C)[C@H](F)C=N)(c1ccccc1)c1ccccc1. The Morgan fingerprint density at radius 3 is 1.25 bits per heavy atom. The van der Waals surface area contributed by atoms with Gasteiger partial charge in [0.15, 0.2) is 6.17 Å². The molecule has 232 valence electrons. The summed E-state index contributed by atoms with van der Waals surface area (Å²) in [6.07, 6.45) is -3.77. The molecule has 0 aliphatic rings. The van der Waals surface area contributed by atoms with Gasteiger partial charge in [-0.2, -0.15) is 0 Å². The highest BCUT2D eigenvalue weighted by atomic mass is 28.4. The molecule has 3 atom stereocenters. The minimum absolute atomic E-state index is 0.148. The molecule has 4 nitrogen and oxygen atoms in total. The molecule has 0 aromatic heterocycles. The van der Waals surface area contributed by atoms with Gasteiger partial charge in [0.2, 0.25) is 0 Å². The molecule has 0 heterocycles. The summed E-state index contributed by atoms with van der Waals surface area (Å²) in [5.41, 5.74) is 0. The highest BCUT2D eigenvalue weighted by Crippen LogP contribution is 2.39. The third kappa shape index (κ3) is 6.58. The summed E-state index contributed by atoms with van der Waals surface area (Å²) >= 11 is 0. The molecule has 4 aromatic carbocycles. The van der Waals surface area contributed by atoms with Gasteiger partial charge in [0.05, 0.1) is 6.61 Å². The second-order valence-electron chi connectivity index (χ2n) is 13.4. The van der Waals surface area contributed by atoms with Gasteiger partial charge in [-0.05, 0) is 30.8 Å². The average Bonchev–Trinajstić information content (AvgIpc) is 3.02. The summed E-state index contributed by atoms with van der Waals surface area (Å²) in [6, 6.07) is 40.2. The first kappa shape index (κ1) is 33.7. The molecule has 7 heteroatoms. The second-order valence-corrected chi connectivity index (χ2v) is 22.0. The average molecular weight is 628 g/mol. The highest BCUT2D eigenvalue weighted by molar-refractivity contribution is 7.00. The van der Waals surface area contributed by atoms with Gasteiger partial charge in [-0.3, -0.25) is 0 Å². The Kier molecular flexibility index (Phi) is 10.6. The first-order valence-corrected chi connectivity index (χ1v) is 19.1. The number of benzene rings is 4. The van der Waals surface area contributed by atoms with E-state index in [1.807, 2.05) is 97.1 Å². The van der Waals surface area contributed by atoms with Crippen LogP contribution in [0.1, 0.15) is 41.5 Å². The van der Waals surface area contributed by atoms with Crippen LogP contribution in [0.3, 0.4) is 0 Å². The van der Waals surface area contributed by atoms with Crippen LogP contribution in [0.15, 0.2) is 121 Å². The van der Waals surface area contributed by atoms with Crippen LogP contribution in [0, 0.1) is 5.41 Å². The van der Waals surface area contributed by atoms with E-state index in [-0.39, 0.29) is 11.6 Å². The third-order valence-corrected chi connectivity index (χ3v) is 18.5. The van der Waals surface area contributed by atoms with Crippen molar-refractivity contribution in [2.75, 3.05) is 6.61 Å². The molecule has 2 N–H and O–H groups in total. The zero-order valence-corrected chi connectivity index (χ0v) is 28.7. The van der Waals surface area contributed by atoms with Crippen LogP contribution in [0.4, 0.5) is 4.39 Å². The molecule has 44 heavy (non-hydrogen) atoms. The number of hydrogen-bond donors (Lipinski definition) is 2. The Bertz CT molecular complexity index is 1380. The van der Waals surface area contributed by atoms with Gasteiger partial charge in [0, 0.05) is 6.21 Å². The predicted octanol–water partition coefficient (Wildman–Crippen LogP) is 5.86. The van der Waals surface area contributed by atoms with Crippen LogP contribution in [0.25, 0.3) is 0 Å². The van der Waals surface area contributed by atoms with Gasteiger partial charge in [-0.15, -0.1) is 0 Å². The van der Waals surface area contributed by atoms with Crippen LogP contribution < -0.4 is 20.7 Å². The number of hydrogen-bond acceptors (Lipinski definition) is 4. The van der Waals surface area contributed by atoms with E-state index in [0.29, 0.717) is 0 Å². The normalized spacial score (nSPS) is 14.9. The van der Waals surface area contributed by atoms with E-state index in [9.17, 15) is 5.11 Å². The molecule has 4 rings (SSSR count). The van der Waals surface area contributed by atoms with Crippen molar-refractivity contribution >= 4 is 43.6 Å². The first-order valence-electron chi connectivity index (χ1n) is 15.2. The maximum absolute atomic E-state index is 15.9. The number of nitrogens with one attached hydrogen (secondary N) is 1. The van der Waals surface area contributed by atoms with E-state index < -0.39 is 40.1 Å². The van der Waals surface area contributed by atoms with Crippen LogP contribution in [-0.4, -0.2) is 52.9 Å². The molecular weight excluding hydrogens is 582 g/mol. The van der Waals surface area contributed by atoms with Crippen molar-refractivity contribution in [3.05, 3.63) is 121 Å². The fraction of sp³-hybridized carbons (Fsp3) is 0.324. The molecule has 0 amide bonds. The minimum atomic E-state index is -3.24. The Hall–Kier alpha value is -3.21. The van der Waals surface area contributed by atoms with Crippen molar-refractivity contribution < 1.29 is 18.3 Å². The van der Waals surface area contributed by atoms with Gasteiger partial charge in [0.1, 0.15) is 12.2 Å². The second kappa shape index (κ2) is 13.8. The fourth-order valence-electron chi connectivity index (χ4n) is 6.41. The predicted molar refractivity (Wildman–Crippen MR) is 186 cm³/mol. The van der Waals surface area contributed by atoms with Crippen molar-refractivity contribution in [1.29, 1.82) is 5.41 Å². The lowest BCUT2D eigenvalue weighted by molar-refractivity contribution is -0.0231. The summed E-state index contributed by atoms with van der Waals surface area (Å²) in [5.74, 6) is 0. The number of aliphatic hydroxyl groups is 1. The van der Waals surface area contributed by atoms with E-state index in [1.54, 1.807) is 0 Å². The molecule has 0 aliphatic carbocycles. The van der Waals surface area contributed by atoms with E-state index in [1.165, 1.54) is 0 Å². The van der Waals surface area contributed by atoms with E-state index in [0.717, 1.165) is 27.0 Å². The molecule has 0 radical (unpaired) electrons. The lowest BCUT2D eigenvalue weighted by Gasteiger charge is -2.47. The van der Waals surface area contributed by atoms with Crippen LogP contribution in [-0.2, 0) is 8.85 Å². The Labute approximate surface area is 264 Å². The van der Waals surface area contributed by atoms with Crippen molar-refractivity contribution in [2.24, 2.45) is 0 Å². The summed E-state index contributed by atoms with van der Waals surface area (Å²) < 4.78 is 30.0. The third-order valence-electron chi connectivity index (χ3n) is 8.47. The molecular formula is C37H46FNO3Si2. The van der Waals surface area contributed by atoms with Gasteiger partial charge >= 0.3 is 0 Å². The summed E-state index contributed by atoms with van der Waals surface area (Å²) in [7, 11) is -6.25. The number of alkyl halides is 1. The summed E-state index contributed by atoms with van der Waals surface area (Å²) in [6.45, 7) is 12.7. The van der Waals surface area contributed by atoms with Gasteiger partial charge in [0.25, 0.3) is 16.6 Å². The highest BCUT2D eigenvalue weighted by Gasteiger charge is 2.54. The molecule has 0 saturated heterocycles.